The fraction of sp³-hybridized carbons (Fsp3) is 0.381. The second kappa shape index (κ2) is 9.25. The van der Waals surface area contributed by atoms with Crippen LogP contribution in [-0.2, 0) is 17.8 Å². The molecule has 26 heavy (non-hydrogen) atoms. The van der Waals surface area contributed by atoms with Gasteiger partial charge in [-0.3, -0.25) is 4.79 Å². The van der Waals surface area contributed by atoms with Crippen molar-refractivity contribution in [2.45, 2.75) is 32.9 Å². The molecule has 2 aromatic carbocycles. The van der Waals surface area contributed by atoms with Crippen molar-refractivity contribution in [3.8, 4) is 11.5 Å². The van der Waals surface area contributed by atoms with Crippen LogP contribution in [0.25, 0.3) is 0 Å². The zero-order valence-electron chi connectivity index (χ0n) is 16.3. The SMILES string of the molecule is CCc1ccc(NC(=O)[C@@H](C)[NH+](C)Cc2ccc(OC)cc2OC)cc1. The van der Waals surface area contributed by atoms with Gasteiger partial charge >= 0.3 is 0 Å². The van der Waals surface area contributed by atoms with Crippen molar-refractivity contribution in [3.63, 3.8) is 0 Å². The lowest BCUT2D eigenvalue weighted by Gasteiger charge is -2.22. The molecule has 0 radical (unpaired) electrons. The predicted octanol–water partition coefficient (Wildman–Crippen LogP) is 2.31. The molecule has 140 valence electrons. The maximum atomic E-state index is 12.6. The van der Waals surface area contributed by atoms with Crippen LogP contribution in [0.3, 0.4) is 0 Å². The predicted molar refractivity (Wildman–Crippen MR) is 104 cm³/mol. The van der Waals surface area contributed by atoms with Crippen molar-refractivity contribution in [2.24, 2.45) is 0 Å². The number of aryl methyl sites for hydroxylation is 1. The topological polar surface area (TPSA) is 52.0 Å². The van der Waals surface area contributed by atoms with Gasteiger partial charge in [0.15, 0.2) is 6.04 Å². The van der Waals surface area contributed by atoms with Gasteiger partial charge in [-0.25, -0.2) is 0 Å². The van der Waals surface area contributed by atoms with E-state index in [1.807, 2.05) is 56.4 Å². The van der Waals surface area contributed by atoms with Crippen LogP contribution in [0.1, 0.15) is 25.0 Å². The zero-order valence-corrected chi connectivity index (χ0v) is 16.3. The summed E-state index contributed by atoms with van der Waals surface area (Å²) in [6.45, 7) is 4.72. The number of rotatable bonds is 8. The van der Waals surface area contributed by atoms with Crippen LogP contribution in [0.15, 0.2) is 42.5 Å². The molecular weight excluding hydrogens is 328 g/mol. The highest BCUT2D eigenvalue weighted by Crippen LogP contribution is 2.23. The van der Waals surface area contributed by atoms with Gasteiger partial charge in [-0.2, -0.15) is 0 Å². The van der Waals surface area contributed by atoms with Crippen LogP contribution in [0, 0.1) is 0 Å². The van der Waals surface area contributed by atoms with E-state index in [4.69, 9.17) is 9.47 Å². The Morgan fingerprint density at radius 3 is 2.38 bits per heavy atom. The Hall–Kier alpha value is -2.53. The molecule has 0 spiro atoms. The minimum Gasteiger partial charge on any atom is -0.497 e. The smallest absolute Gasteiger partial charge is 0.282 e. The Morgan fingerprint density at radius 1 is 1.12 bits per heavy atom. The second-order valence-corrected chi connectivity index (χ2v) is 6.46. The van der Waals surface area contributed by atoms with Crippen LogP contribution in [0.4, 0.5) is 5.69 Å². The maximum Gasteiger partial charge on any atom is 0.282 e. The van der Waals surface area contributed by atoms with Crippen molar-refractivity contribution < 1.29 is 19.2 Å². The summed E-state index contributed by atoms with van der Waals surface area (Å²) in [6.07, 6.45) is 0.987. The maximum absolute atomic E-state index is 12.6. The summed E-state index contributed by atoms with van der Waals surface area (Å²) >= 11 is 0. The zero-order chi connectivity index (χ0) is 19.1. The van der Waals surface area contributed by atoms with E-state index in [0.29, 0.717) is 6.54 Å². The number of nitrogens with one attached hydrogen (secondary N) is 2. The van der Waals surface area contributed by atoms with Crippen molar-refractivity contribution >= 4 is 11.6 Å². The molecule has 2 atom stereocenters. The van der Waals surface area contributed by atoms with Crippen LogP contribution < -0.4 is 19.7 Å². The van der Waals surface area contributed by atoms with E-state index in [9.17, 15) is 4.79 Å². The van der Waals surface area contributed by atoms with Crippen molar-refractivity contribution in [2.75, 3.05) is 26.6 Å². The third kappa shape index (κ3) is 4.99. The van der Waals surface area contributed by atoms with Crippen LogP contribution >= 0.6 is 0 Å². The number of quaternary nitrogens is 1. The van der Waals surface area contributed by atoms with E-state index < -0.39 is 0 Å². The number of amides is 1. The lowest BCUT2D eigenvalue weighted by Crippen LogP contribution is -3.12. The highest BCUT2D eigenvalue weighted by molar-refractivity contribution is 5.93. The van der Waals surface area contributed by atoms with Gasteiger partial charge in [0.05, 0.1) is 21.3 Å². The number of benzene rings is 2. The molecule has 2 rings (SSSR count). The minimum atomic E-state index is -0.201. The van der Waals surface area contributed by atoms with Crippen LogP contribution in [-0.4, -0.2) is 33.2 Å². The number of likely N-dealkylation sites (N-methyl/N-ethyl adjacent to an activating group) is 1. The highest BCUT2D eigenvalue weighted by atomic mass is 16.5. The fourth-order valence-corrected chi connectivity index (χ4v) is 2.75. The van der Waals surface area contributed by atoms with E-state index in [2.05, 4.69) is 12.2 Å². The van der Waals surface area contributed by atoms with E-state index in [0.717, 1.165) is 34.1 Å². The van der Waals surface area contributed by atoms with E-state index in [1.165, 1.54) is 5.56 Å². The number of hydrogen-bond donors (Lipinski definition) is 2. The first-order chi connectivity index (χ1) is 12.5. The monoisotopic (exact) mass is 357 g/mol. The summed E-state index contributed by atoms with van der Waals surface area (Å²) in [7, 11) is 5.28. The molecule has 1 unspecified atom stereocenters. The summed E-state index contributed by atoms with van der Waals surface area (Å²) < 4.78 is 10.7. The Morgan fingerprint density at radius 2 is 1.81 bits per heavy atom. The molecule has 0 fully saturated rings. The first-order valence-electron chi connectivity index (χ1n) is 8.91. The van der Waals surface area contributed by atoms with Gasteiger partial charge in [0, 0.05) is 17.3 Å². The lowest BCUT2D eigenvalue weighted by atomic mass is 10.1. The number of anilines is 1. The third-order valence-corrected chi connectivity index (χ3v) is 4.73. The third-order valence-electron chi connectivity index (χ3n) is 4.73. The van der Waals surface area contributed by atoms with Crippen molar-refractivity contribution in [3.05, 3.63) is 53.6 Å². The Kier molecular flexibility index (Phi) is 7.04. The van der Waals surface area contributed by atoms with Crippen LogP contribution in [0.2, 0.25) is 0 Å². The van der Waals surface area contributed by atoms with E-state index in [1.54, 1.807) is 14.2 Å². The summed E-state index contributed by atoms with van der Waals surface area (Å²) in [4.78, 5) is 13.7. The summed E-state index contributed by atoms with van der Waals surface area (Å²) in [5, 5.41) is 3.00. The van der Waals surface area contributed by atoms with Crippen molar-refractivity contribution in [1.82, 2.24) is 0 Å². The van der Waals surface area contributed by atoms with Crippen molar-refractivity contribution in [1.29, 1.82) is 0 Å². The van der Waals surface area contributed by atoms with Gasteiger partial charge in [-0.15, -0.1) is 0 Å². The molecule has 0 saturated heterocycles. The number of carbonyl (C=O) groups excluding carboxylic acids is 1. The molecule has 0 saturated carbocycles. The number of ether oxygens (including phenoxy) is 2. The first kappa shape index (κ1) is 19.8. The molecule has 0 aliphatic carbocycles. The van der Waals surface area contributed by atoms with Gasteiger partial charge in [0.25, 0.3) is 5.91 Å². The molecular formula is C21H29N2O3+. The van der Waals surface area contributed by atoms with Crippen LogP contribution in [0.5, 0.6) is 11.5 Å². The summed E-state index contributed by atoms with van der Waals surface area (Å²) in [6, 6.07) is 13.5. The fourth-order valence-electron chi connectivity index (χ4n) is 2.75. The average molecular weight is 357 g/mol. The summed E-state index contributed by atoms with van der Waals surface area (Å²) in [5.41, 5.74) is 3.12. The highest BCUT2D eigenvalue weighted by Gasteiger charge is 2.23. The van der Waals surface area contributed by atoms with Gasteiger partial charge in [-0.1, -0.05) is 19.1 Å². The number of methoxy groups -OCH3 is 2. The Bertz CT molecular complexity index is 729. The molecule has 0 bridgehead atoms. The molecule has 0 aliphatic heterocycles. The first-order valence-corrected chi connectivity index (χ1v) is 8.91. The lowest BCUT2D eigenvalue weighted by molar-refractivity contribution is -0.907. The number of hydrogen-bond acceptors (Lipinski definition) is 3. The number of carbonyl (C=O) groups is 1. The normalized spacial score (nSPS) is 13.0. The largest absolute Gasteiger partial charge is 0.497 e. The molecule has 5 nitrogen and oxygen atoms in total. The van der Waals surface area contributed by atoms with E-state index in [-0.39, 0.29) is 11.9 Å². The van der Waals surface area contributed by atoms with Gasteiger partial charge in [0.2, 0.25) is 0 Å². The standard InChI is InChI=1S/C21H28N2O3/c1-6-16-7-10-18(11-8-16)22-21(24)15(2)23(3)14-17-9-12-19(25-4)13-20(17)26-5/h7-13,15H,6,14H2,1-5H3,(H,22,24)/p+1/t15-/m1/s1. The minimum absolute atomic E-state index is 0.000716. The molecule has 2 aromatic rings. The molecule has 0 aliphatic rings. The molecule has 1 amide bonds. The van der Waals surface area contributed by atoms with Gasteiger partial charge in [0.1, 0.15) is 18.0 Å². The Labute approximate surface area is 155 Å². The quantitative estimate of drug-likeness (QED) is 0.762. The average Bonchev–Trinajstić information content (AvgIpc) is 2.68. The second-order valence-electron chi connectivity index (χ2n) is 6.46. The van der Waals surface area contributed by atoms with E-state index >= 15 is 0 Å². The Balaban J connectivity index is 2.01. The summed E-state index contributed by atoms with van der Waals surface area (Å²) in [5.74, 6) is 1.52. The van der Waals surface area contributed by atoms with Gasteiger partial charge < -0.3 is 19.7 Å². The molecule has 2 N–H and O–H groups in total. The molecule has 5 heteroatoms. The molecule has 0 heterocycles. The molecule has 0 aromatic heterocycles. The van der Waals surface area contributed by atoms with Gasteiger partial charge in [-0.05, 0) is 43.2 Å².